The van der Waals surface area contributed by atoms with Gasteiger partial charge in [-0.1, -0.05) is 121 Å². The summed E-state index contributed by atoms with van der Waals surface area (Å²) in [5.74, 6) is 0.749. The molecule has 0 bridgehead atoms. The van der Waals surface area contributed by atoms with Gasteiger partial charge in [-0.15, -0.1) is 0 Å². The van der Waals surface area contributed by atoms with Gasteiger partial charge in [0.1, 0.15) is 0 Å². The van der Waals surface area contributed by atoms with Crippen LogP contribution in [0.3, 0.4) is 0 Å². The van der Waals surface area contributed by atoms with Gasteiger partial charge in [0, 0.05) is 44.8 Å². The molecule has 0 amide bonds. The molecule has 44 heavy (non-hydrogen) atoms. The molecule has 2 heteroatoms. The molecular weight excluding hydrogens is 532 g/mol. The van der Waals surface area contributed by atoms with Crippen LogP contribution in [-0.4, -0.2) is 10.4 Å². The first kappa shape index (κ1) is 24.4. The maximum atomic E-state index is 2.64. The van der Waals surface area contributed by atoms with E-state index in [2.05, 4.69) is 149 Å². The number of hydrogen-bond acceptors (Lipinski definition) is 1. The van der Waals surface area contributed by atoms with Crippen molar-refractivity contribution in [1.29, 1.82) is 0 Å². The highest BCUT2D eigenvalue weighted by atomic mass is 15.2. The first-order valence-electron chi connectivity index (χ1n) is 16.0. The number of anilines is 2. The largest absolute Gasteiger partial charge is 0.333 e. The molecule has 0 radical (unpaired) electrons. The van der Waals surface area contributed by atoms with Gasteiger partial charge in [0.05, 0.1) is 28.5 Å². The van der Waals surface area contributed by atoms with Crippen molar-refractivity contribution in [2.45, 2.75) is 37.1 Å². The van der Waals surface area contributed by atoms with E-state index in [4.69, 9.17) is 0 Å². The second-order valence-electron chi connectivity index (χ2n) is 12.7. The third kappa shape index (κ3) is 3.26. The Morgan fingerprint density at radius 1 is 0.705 bits per heavy atom. The van der Waals surface area contributed by atoms with E-state index in [0.717, 1.165) is 19.3 Å². The predicted molar refractivity (Wildman–Crippen MR) is 184 cm³/mol. The van der Waals surface area contributed by atoms with E-state index < -0.39 is 0 Å². The Morgan fingerprint density at radius 2 is 1.55 bits per heavy atom. The van der Waals surface area contributed by atoms with E-state index >= 15 is 0 Å². The highest BCUT2D eigenvalue weighted by Crippen LogP contribution is 2.53. The maximum absolute atomic E-state index is 2.64. The van der Waals surface area contributed by atoms with E-state index in [0.29, 0.717) is 11.8 Å². The number of rotatable bonds is 3. The summed E-state index contributed by atoms with van der Waals surface area (Å²) in [7, 11) is 0. The zero-order chi connectivity index (χ0) is 28.8. The summed E-state index contributed by atoms with van der Waals surface area (Å²) >= 11 is 0. The SMILES string of the molecule is C1=CCC(c2cccc(N3c4c(C5=CCCc6c5n5c7ccccc7c7cccc6c75)cccc4C4C=CC=CC43)c2)C=C1. The lowest BCUT2D eigenvalue weighted by Gasteiger charge is -2.31. The lowest BCUT2D eigenvalue weighted by molar-refractivity contribution is 0.743. The highest BCUT2D eigenvalue weighted by molar-refractivity contribution is 6.17. The zero-order valence-corrected chi connectivity index (χ0v) is 24.5. The van der Waals surface area contributed by atoms with Gasteiger partial charge in [-0.25, -0.2) is 0 Å². The van der Waals surface area contributed by atoms with Gasteiger partial charge in [-0.2, -0.15) is 0 Å². The number of aryl methyl sites for hydroxylation is 1. The molecule has 4 aromatic carbocycles. The summed E-state index contributed by atoms with van der Waals surface area (Å²) < 4.78 is 2.58. The summed E-state index contributed by atoms with van der Waals surface area (Å²) in [4.78, 5) is 2.64. The van der Waals surface area contributed by atoms with Crippen LogP contribution in [0.4, 0.5) is 11.4 Å². The number of fused-ring (bicyclic) bond motifs is 9. The van der Waals surface area contributed by atoms with E-state index in [9.17, 15) is 0 Å². The zero-order valence-electron chi connectivity index (χ0n) is 24.5. The molecule has 3 unspecified atom stereocenters. The second kappa shape index (κ2) is 9.21. The quantitative estimate of drug-likeness (QED) is 0.207. The average Bonchev–Trinajstić information content (AvgIpc) is 3.74. The van der Waals surface area contributed by atoms with Crippen molar-refractivity contribution in [3.05, 3.63) is 168 Å². The first-order valence-corrected chi connectivity index (χ1v) is 16.0. The molecule has 0 N–H and O–H groups in total. The molecule has 10 rings (SSSR count). The maximum Gasteiger partial charge on any atom is 0.0629 e. The predicted octanol–water partition coefficient (Wildman–Crippen LogP) is 10.4. The Balaban J connectivity index is 1.22. The fourth-order valence-corrected chi connectivity index (χ4v) is 8.62. The Labute approximate surface area is 257 Å². The molecule has 0 fully saturated rings. The molecule has 3 atom stereocenters. The minimum Gasteiger partial charge on any atom is -0.333 e. The van der Waals surface area contributed by atoms with Crippen LogP contribution in [0.1, 0.15) is 52.6 Å². The Hall–Kier alpha value is -5.08. The Morgan fingerprint density at radius 3 is 2.50 bits per heavy atom. The minimum absolute atomic E-state index is 0.255. The smallest absolute Gasteiger partial charge is 0.0629 e. The van der Waals surface area contributed by atoms with E-state index in [-0.39, 0.29) is 6.04 Å². The van der Waals surface area contributed by atoms with Gasteiger partial charge in [-0.3, -0.25) is 0 Å². The van der Waals surface area contributed by atoms with Gasteiger partial charge < -0.3 is 9.30 Å². The number of allylic oxidation sites excluding steroid dienone is 7. The minimum atomic E-state index is 0.255. The van der Waals surface area contributed by atoms with Crippen molar-refractivity contribution >= 4 is 44.1 Å². The average molecular weight is 565 g/mol. The van der Waals surface area contributed by atoms with Gasteiger partial charge in [0.15, 0.2) is 0 Å². The summed E-state index contributed by atoms with van der Waals surface area (Å²) in [6.07, 6.45) is 24.0. The number of benzene rings is 4. The van der Waals surface area contributed by atoms with Crippen molar-refractivity contribution in [2.75, 3.05) is 4.90 Å². The molecule has 1 aliphatic heterocycles. The van der Waals surface area contributed by atoms with Crippen molar-refractivity contribution in [2.24, 2.45) is 0 Å². The van der Waals surface area contributed by atoms with Crippen molar-refractivity contribution in [3.63, 3.8) is 0 Å². The van der Waals surface area contributed by atoms with Crippen LogP contribution in [-0.2, 0) is 6.42 Å². The summed E-state index contributed by atoms with van der Waals surface area (Å²) in [5.41, 5.74) is 13.7. The van der Waals surface area contributed by atoms with E-state index in [1.54, 1.807) is 0 Å². The molecule has 4 aliphatic rings. The van der Waals surface area contributed by atoms with E-state index in [1.165, 1.54) is 72.1 Å². The topological polar surface area (TPSA) is 7.65 Å². The van der Waals surface area contributed by atoms with Crippen LogP contribution in [0.2, 0.25) is 0 Å². The molecule has 2 nitrogen and oxygen atoms in total. The number of aromatic nitrogens is 1. The van der Waals surface area contributed by atoms with Crippen LogP contribution >= 0.6 is 0 Å². The number of hydrogen-bond donors (Lipinski definition) is 0. The first-order chi connectivity index (χ1) is 21.9. The standard InChI is InChI=1S/C42H32N2/c1-2-12-27(13-3-1)28-14-8-15-29(26-28)43-38-24-6-4-16-30(38)32-18-9-20-34(40(32)43)35-22-11-23-37-36-21-10-19-33-31-17-5-7-25-39(31)44(41(33)36)42(35)37/h1-10,12,14-22,24-27,30,38H,11,13,23H2. The summed E-state index contributed by atoms with van der Waals surface area (Å²) in [5, 5.41) is 4.10. The summed E-state index contributed by atoms with van der Waals surface area (Å²) in [6.45, 7) is 0. The highest BCUT2D eigenvalue weighted by Gasteiger charge is 2.40. The van der Waals surface area contributed by atoms with Crippen LogP contribution in [0.5, 0.6) is 0 Å². The van der Waals surface area contributed by atoms with Crippen LogP contribution in [0.25, 0.3) is 32.8 Å². The second-order valence-corrected chi connectivity index (χ2v) is 12.7. The van der Waals surface area contributed by atoms with Gasteiger partial charge >= 0.3 is 0 Å². The fourth-order valence-electron chi connectivity index (χ4n) is 8.62. The van der Waals surface area contributed by atoms with Gasteiger partial charge in [-0.05, 0) is 54.2 Å². The lowest BCUT2D eigenvalue weighted by Crippen LogP contribution is -2.29. The lowest BCUT2D eigenvalue weighted by atomic mass is 9.87. The molecule has 2 aromatic heterocycles. The number of para-hydroxylation sites is 3. The van der Waals surface area contributed by atoms with Crippen LogP contribution in [0.15, 0.2) is 140 Å². The third-order valence-electron chi connectivity index (χ3n) is 10.4. The molecule has 210 valence electrons. The molecule has 3 heterocycles. The molecule has 0 spiro atoms. The van der Waals surface area contributed by atoms with E-state index in [1.807, 2.05) is 0 Å². The van der Waals surface area contributed by atoms with Gasteiger partial charge in [0.2, 0.25) is 0 Å². The van der Waals surface area contributed by atoms with Crippen molar-refractivity contribution in [1.82, 2.24) is 4.40 Å². The van der Waals surface area contributed by atoms with Crippen LogP contribution < -0.4 is 4.90 Å². The summed E-state index contributed by atoms with van der Waals surface area (Å²) in [6, 6.07) is 32.4. The third-order valence-corrected chi connectivity index (χ3v) is 10.4. The molecule has 0 saturated carbocycles. The number of nitrogens with zero attached hydrogens (tertiary/aromatic N) is 2. The molecule has 6 aromatic rings. The fraction of sp³-hybridized carbons (Fsp3) is 0.143. The van der Waals surface area contributed by atoms with Crippen molar-refractivity contribution < 1.29 is 0 Å². The van der Waals surface area contributed by atoms with Gasteiger partial charge in [0.25, 0.3) is 0 Å². The monoisotopic (exact) mass is 564 g/mol. The molecule has 0 saturated heterocycles. The normalized spacial score (nSPS) is 21.8. The van der Waals surface area contributed by atoms with Crippen molar-refractivity contribution in [3.8, 4) is 0 Å². The van der Waals surface area contributed by atoms with Crippen LogP contribution in [0, 0.1) is 0 Å². The Bertz CT molecular complexity index is 2290. The Kier molecular flexibility index (Phi) is 5.10. The molecular formula is C42H32N2. The molecule has 3 aliphatic carbocycles.